The quantitative estimate of drug-likeness (QED) is 0.302. The van der Waals surface area contributed by atoms with E-state index in [4.69, 9.17) is 39.2 Å². The zero-order chi connectivity index (χ0) is 21.1. The Bertz CT molecular complexity index is 1140. The highest BCUT2D eigenvalue weighted by Crippen LogP contribution is 2.36. The number of nitrogens with zero attached hydrogens (tertiary/aromatic N) is 1. The number of nitrogens with two attached hydrogens (primary N) is 2. The van der Waals surface area contributed by atoms with Crippen LogP contribution in [0.25, 0.3) is 21.2 Å². The van der Waals surface area contributed by atoms with Crippen molar-refractivity contribution in [2.24, 2.45) is 16.5 Å². The Labute approximate surface area is 175 Å². The molecule has 0 aliphatic carbocycles. The summed E-state index contributed by atoms with van der Waals surface area (Å²) in [7, 11) is -3.67. The van der Waals surface area contributed by atoms with Crippen LogP contribution in [0.3, 0.4) is 0 Å². The summed E-state index contributed by atoms with van der Waals surface area (Å²) in [4.78, 5) is 16.0. The first kappa shape index (κ1) is 22.1. The second-order valence-electron chi connectivity index (χ2n) is 5.56. The fourth-order valence-electron chi connectivity index (χ4n) is 2.30. The molecule has 1 amide bonds. The van der Waals surface area contributed by atoms with Gasteiger partial charge in [0.1, 0.15) is 0 Å². The number of halogens is 2. The molecule has 0 unspecified atom stereocenters. The van der Waals surface area contributed by atoms with Crippen LogP contribution < -0.4 is 11.5 Å². The van der Waals surface area contributed by atoms with Crippen molar-refractivity contribution < 1.29 is 17.8 Å². The minimum absolute atomic E-state index is 0.255. The van der Waals surface area contributed by atoms with Gasteiger partial charge in [-0.05, 0) is 41.5 Å². The predicted octanol–water partition coefficient (Wildman–Crippen LogP) is 3.79. The van der Waals surface area contributed by atoms with Crippen LogP contribution >= 0.6 is 34.5 Å². The molecule has 0 atom stereocenters. The van der Waals surface area contributed by atoms with Crippen LogP contribution in [0.4, 0.5) is 0 Å². The van der Waals surface area contributed by atoms with E-state index < -0.39 is 16.0 Å². The molecule has 0 radical (unpaired) electrons. The number of fused-ring (bicyclic) bond motifs is 1. The molecule has 0 fully saturated rings. The Balaban J connectivity index is 0.000000500. The second kappa shape index (κ2) is 8.89. The average Bonchev–Trinajstić information content (AvgIpc) is 2.95. The van der Waals surface area contributed by atoms with E-state index in [1.807, 2.05) is 30.3 Å². The number of benzene rings is 2. The van der Waals surface area contributed by atoms with E-state index in [0.717, 1.165) is 21.2 Å². The molecule has 11 heteroatoms. The lowest BCUT2D eigenvalue weighted by molar-refractivity contribution is 0.101. The van der Waals surface area contributed by atoms with Gasteiger partial charge >= 0.3 is 0 Å². The molecule has 0 saturated carbocycles. The van der Waals surface area contributed by atoms with Gasteiger partial charge in [-0.2, -0.15) is 13.4 Å². The number of hydrogen-bond acceptors (Lipinski definition) is 4. The van der Waals surface area contributed by atoms with Crippen molar-refractivity contribution in [3.8, 4) is 11.1 Å². The van der Waals surface area contributed by atoms with Gasteiger partial charge in [0.15, 0.2) is 5.96 Å². The number of carbonyl (C=O) groups is 1. The third-order valence-corrected chi connectivity index (χ3v) is 4.70. The van der Waals surface area contributed by atoms with Crippen LogP contribution in [0.1, 0.15) is 9.67 Å². The first-order valence-electron chi connectivity index (χ1n) is 7.49. The highest BCUT2D eigenvalue weighted by molar-refractivity contribution is 7.85. The van der Waals surface area contributed by atoms with Crippen LogP contribution in [0.5, 0.6) is 0 Å². The number of guanidine groups is 1. The van der Waals surface area contributed by atoms with E-state index in [1.165, 1.54) is 11.3 Å². The molecule has 3 rings (SSSR count). The van der Waals surface area contributed by atoms with Gasteiger partial charge in [0.2, 0.25) is 0 Å². The molecule has 0 aliphatic rings. The third kappa shape index (κ3) is 6.47. The summed E-state index contributed by atoms with van der Waals surface area (Å²) >= 11 is 13.5. The van der Waals surface area contributed by atoms with Crippen molar-refractivity contribution in [3.05, 3.63) is 57.4 Å². The summed E-state index contributed by atoms with van der Waals surface area (Å²) in [5.74, 6) is -0.712. The molecule has 3 aromatic rings. The highest BCUT2D eigenvalue weighted by atomic mass is 35.5. The van der Waals surface area contributed by atoms with Crippen molar-refractivity contribution in [1.29, 1.82) is 0 Å². The van der Waals surface area contributed by atoms with E-state index in [0.29, 0.717) is 21.2 Å². The summed E-state index contributed by atoms with van der Waals surface area (Å²) < 4.78 is 26.8. The van der Waals surface area contributed by atoms with Crippen LogP contribution in [0.2, 0.25) is 10.0 Å². The molecule has 0 aliphatic heterocycles. The first-order chi connectivity index (χ1) is 12.9. The molecule has 0 spiro atoms. The summed E-state index contributed by atoms with van der Waals surface area (Å²) in [5.41, 5.74) is 12.3. The van der Waals surface area contributed by atoms with Crippen LogP contribution in [0.15, 0.2) is 47.5 Å². The number of amides is 1. The van der Waals surface area contributed by atoms with Crippen LogP contribution in [0, 0.1) is 0 Å². The third-order valence-electron chi connectivity index (χ3n) is 3.18. The number of aliphatic imine (C=N–C) groups is 1. The molecule has 0 bridgehead atoms. The van der Waals surface area contributed by atoms with Crippen molar-refractivity contribution in [2.75, 3.05) is 6.26 Å². The number of hydrogen-bond donors (Lipinski definition) is 3. The van der Waals surface area contributed by atoms with Crippen LogP contribution in [-0.4, -0.2) is 31.1 Å². The summed E-state index contributed by atoms with van der Waals surface area (Å²) in [6.07, 6.45) is 0.715. The predicted molar refractivity (Wildman–Crippen MR) is 115 cm³/mol. The SMILES string of the molecule is CS(=O)(=O)O.NC(N)=NC(=O)c1cc2c(-c3cc(Cl)cc(Cl)c3)cccc2s1. The maximum absolute atomic E-state index is 12.0. The number of rotatable bonds is 2. The molecule has 7 nitrogen and oxygen atoms in total. The molecule has 0 saturated heterocycles. The van der Waals surface area contributed by atoms with Gasteiger partial charge in [0.05, 0.1) is 11.1 Å². The molecular weight excluding hydrogens is 445 g/mol. The van der Waals surface area contributed by atoms with Gasteiger partial charge in [-0.15, -0.1) is 11.3 Å². The number of carbonyl (C=O) groups excluding carboxylic acids is 1. The molecule has 5 N–H and O–H groups in total. The smallest absolute Gasteiger partial charge is 0.290 e. The Morgan fingerprint density at radius 2 is 1.68 bits per heavy atom. The molecule has 2 aromatic carbocycles. The average molecular weight is 460 g/mol. The van der Waals surface area contributed by atoms with Gasteiger partial charge in [0.25, 0.3) is 16.0 Å². The molecule has 1 aromatic heterocycles. The Morgan fingerprint density at radius 1 is 1.11 bits per heavy atom. The lowest BCUT2D eigenvalue weighted by Gasteiger charge is -2.05. The van der Waals surface area contributed by atoms with E-state index >= 15 is 0 Å². The van der Waals surface area contributed by atoms with Crippen molar-refractivity contribution in [2.45, 2.75) is 0 Å². The summed E-state index contributed by atoms with van der Waals surface area (Å²) in [6.45, 7) is 0. The van der Waals surface area contributed by atoms with E-state index in [9.17, 15) is 13.2 Å². The Kier molecular flexibility index (Phi) is 7.02. The maximum atomic E-state index is 12.0. The monoisotopic (exact) mass is 459 g/mol. The second-order valence-corrected chi connectivity index (χ2v) is 8.98. The van der Waals surface area contributed by atoms with Gasteiger partial charge in [0, 0.05) is 20.1 Å². The van der Waals surface area contributed by atoms with Crippen molar-refractivity contribution in [1.82, 2.24) is 0 Å². The maximum Gasteiger partial charge on any atom is 0.290 e. The minimum atomic E-state index is -3.67. The largest absolute Gasteiger partial charge is 0.370 e. The lowest BCUT2D eigenvalue weighted by Crippen LogP contribution is -2.24. The topological polar surface area (TPSA) is 136 Å². The van der Waals surface area contributed by atoms with E-state index in [1.54, 1.807) is 12.1 Å². The standard InChI is InChI=1S/C16H11Cl2N3OS.CH4O3S/c17-9-4-8(5-10(18)6-9)11-2-1-3-13-12(11)7-14(23-13)15(22)21-16(19)20;1-5(2,3)4/h1-7H,(H4,19,20,21,22);1H3,(H,2,3,4). The van der Waals surface area contributed by atoms with Gasteiger partial charge < -0.3 is 11.5 Å². The molecule has 148 valence electrons. The fourth-order valence-corrected chi connectivity index (χ4v) is 3.80. The van der Waals surface area contributed by atoms with Crippen LogP contribution in [-0.2, 0) is 10.1 Å². The lowest BCUT2D eigenvalue weighted by atomic mass is 10.0. The van der Waals surface area contributed by atoms with Gasteiger partial charge in [-0.25, -0.2) is 0 Å². The van der Waals surface area contributed by atoms with Crippen molar-refractivity contribution >= 4 is 66.6 Å². The summed E-state index contributed by atoms with van der Waals surface area (Å²) in [5, 5.41) is 2.03. The fraction of sp³-hybridized carbons (Fsp3) is 0.0588. The Morgan fingerprint density at radius 3 is 2.21 bits per heavy atom. The highest BCUT2D eigenvalue weighted by Gasteiger charge is 2.13. The van der Waals surface area contributed by atoms with Crippen molar-refractivity contribution in [3.63, 3.8) is 0 Å². The molecular formula is C17H15Cl2N3O4S2. The molecule has 28 heavy (non-hydrogen) atoms. The molecule has 1 heterocycles. The first-order valence-corrected chi connectivity index (χ1v) is 10.9. The van der Waals surface area contributed by atoms with E-state index in [-0.39, 0.29) is 5.96 Å². The summed E-state index contributed by atoms with van der Waals surface area (Å²) in [6, 6.07) is 12.9. The number of thiophene rings is 1. The van der Waals surface area contributed by atoms with E-state index in [2.05, 4.69) is 4.99 Å². The van der Waals surface area contributed by atoms with Gasteiger partial charge in [-0.3, -0.25) is 9.35 Å². The Hall–Kier alpha value is -2.17. The zero-order valence-electron chi connectivity index (χ0n) is 14.4. The minimum Gasteiger partial charge on any atom is -0.370 e. The zero-order valence-corrected chi connectivity index (χ0v) is 17.5. The van der Waals surface area contributed by atoms with Gasteiger partial charge in [-0.1, -0.05) is 35.3 Å². The normalized spacial score (nSPS) is 10.9.